The predicted molar refractivity (Wildman–Crippen MR) is 61.6 cm³/mol. The van der Waals surface area contributed by atoms with Crippen LogP contribution in [0, 0.1) is 0 Å². The van der Waals surface area contributed by atoms with Gasteiger partial charge in [-0.15, -0.1) is 0 Å². The molecule has 5 heteroatoms. The number of aromatic nitrogens is 2. The first-order valence-corrected chi connectivity index (χ1v) is 5.02. The van der Waals surface area contributed by atoms with Crippen LogP contribution in [0.5, 0.6) is 0 Å². The molecule has 2 rings (SSSR count). The van der Waals surface area contributed by atoms with E-state index in [0.717, 1.165) is 0 Å². The van der Waals surface area contributed by atoms with Gasteiger partial charge in [-0.05, 0) is 19.1 Å². The third-order valence-electron chi connectivity index (χ3n) is 2.42. The molecule has 16 heavy (non-hydrogen) atoms. The highest BCUT2D eigenvalue weighted by Gasteiger charge is 2.15. The number of pyridine rings is 1. The monoisotopic (exact) mass is 219 g/mol. The highest BCUT2D eigenvalue weighted by Crippen LogP contribution is 2.16. The van der Waals surface area contributed by atoms with E-state index in [0.29, 0.717) is 11.5 Å². The van der Waals surface area contributed by atoms with Crippen molar-refractivity contribution in [2.45, 2.75) is 13.0 Å². The zero-order valence-corrected chi connectivity index (χ0v) is 9.14. The minimum Gasteiger partial charge on any atom is -0.388 e. The van der Waals surface area contributed by atoms with E-state index in [9.17, 15) is 9.90 Å². The van der Waals surface area contributed by atoms with Crippen LogP contribution in [0.25, 0.3) is 5.65 Å². The lowest BCUT2D eigenvalue weighted by Crippen LogP contribution is -2.23. The van der Waals surface area contributed by atoms with Gasteiger partial charge in [0.25, 0.3) is 5.56 Å². The van der Waals surface area contributed by atoms with Crippen LogP contribution in [0.4, 0.5) is 5.82 Å². The highest BCUT2D eigenvalue weighted by atomic mass is 16.3. The van der Waals surface area contributed by atoms with Crippen molar-refractivity contribution in [3.05, 3.63) is 40.3 Å². The summed E-state index contributed by atoms with van der Waals surface area (Å²) in [6, 6.07) is 5.30. The lowest BCUT2D eigenvalue weighted by atomic mass is 10.2. The number of aliphatic hydroxyl groups is 1. The Morgan fingerprint density at radius 1 is 1.50 bits per heavy atom. The Kier molecular flexibility index (Phi) is 2.62. The lowest BCUT2D eigenvalue weighted by Gasteiger charge is -2.11. The number of anilines is 1. The van der Waals surface area contributed by atoms with Gasteiger partial charge < -0.3 is 10.4 Å². The number of fused-ring (bicyclic) bond motifs is 1. The van der Waals surface area contributed by atoms with Gasteiger partial charge in [-0.1, -0.05) is 6.07 Å². The zero-order valence-electron chi connectivity index (χ0n) is 9.14. The molecule has 0 aliphatic rings. The summed E-state index contributed by atoms with van der Waals surface area (Å²) in [6.07, 6.45) is 0.787. The van der Waals surface area contributed by atoms with Crippen LogP contribution in [-0.4, -0.2) is 21.5 Å². The fourth-order valence-electron chi connectivity index (χ4n) is 1.67. The standard InChI is InChI=1S/C11H13N3O2/c1-7(15)9-10(12-2)13-8-5-3-4-6-14(8)11(9)16/h3-7,12,15H,1-2H3. The average Bonchev–Trinajstić information content (AvgIpc) is 2.28. The molecule has 0 amide bonds. The molecule has 0 spiro atoms. The SMILES string of the molecule is CNc1nc2ccccn2c(=O)c1C(C)O. The topological polar surface area (TPSA) is 66.6 Å². The first-order chi connectivity index (χ1) is 7.65. The quantitative estimate of drug-likeness (QED) is 0.783. The number of hydrogen-bond donors (Lipinski definition) is 2. The molecule has 0 fully saturated rings. The van der Waals surface area contributed by atoms with E-state index >= 15 is 0 Å². The van der Waals surface area contributed by atoms with Crippen LogP contribution >= 0.6 is 0 Å². The van der Waals surface area contributed by atoms with Gasteiger partial charge in [-0.2, -0.15) is 0 Å². The molecular weight excluding hydrogens is 206 g/mol. The smallest absolute Gasteiger partial charge is 0.265 e. The Labute approximate surface area is 92.4 Å². The summed E-state index contributed by atoms with van der Waals surface area (Å²) in [5.74, 6) is 0.422. The van der Waals surface area contributed by atoms with Gasteiger partial charge in [0.15, 0.2) is 0 Å². The second-order valence-electron chi connectivity index (χ2n) is 3.53. The van der Waals surface area contributed by atoms with E-state index in [-0.39, 0.29) is 11.1 Å². The van der Waals surface area contributed by atoms with Crippen molar-refractivity contribution >= 4 is 11.5 Å². The minimum atomic E-state index is -0.848. The third kappa shape index (κ3) is 1.55. The normalized spacial score (nSPS) is 12.7. The van der Waals surface area contributed by atoms with Crippen molar-refractivity contribution < 1.29 is 5.11 Å². The second kappa shape index (κ2) is 3.94. The van der Waals surface area contributed by atoms with Gasteiger partial charge in [-0.25, -0.2) is 4.98 Å². The summed E-state index contributed by atoms with van der Waals surface area (Å²) >= 11 is 0. The molecular formula is C11H13N3O2. The van der Waals surface area contributed by atoms with Crippen molar-refractivity contribution in [1.82, 2.24) is 9.38 Å². The van der Waals surface area contributed by atoms with Crippen molar-refractivity contribution in [3.8, 4) is 0 Å². The summed E-state index contributed by atoms with van der Waals surface area (Å²) in [5.41, 5.74) is 0.595. The molecule has 2 aromatic heterocycles. The second-order valence-corrected chi connectivity index (χ2v) is 3.53. The van der Waals surface area contributed by atoms with Crippen LogP contribution in [0.1, 0.15) is 18.6 Å². The molecule has 0 aliphatic heterocycles. The summed E-state index contributed by atoms with van der Waals surface area (Å²) in [6.45, 7) is 1.55. The summed E-state index contributed by atoms with van der Waals surface area (Å²) in [5, 5.41) is 12.4. The maximum absolute atomic E-state index is 12.1. The average molecular weight is 219 g/mol. The van der Waals surface area contributed by atoms with E-state index in [2.05, 4.69) is 10.3 Å². The molecule has 0 saturated heterocycles. The molecule has 2 aromatic rings. The van der Waals surface area contributed by atoms with E-state index in [1.54, 1.807) is 32.3 Å². The van der Waals surface area contributed by atoms with Crippen LogP contribution in [0.3, 0.4) is 0 Å². The van der Waals surface area contributed by atoms with E-state index in [4.69, 9.17) is 0 Å². The zero-order chi connectivity index (χ0) is 11.7. The summed E-state index contributed by atoms with van der Waals surface area (Å²) in [4.78, 5) is 16.3. The maximum atomic E-state index is 12.1. The molecule has 0 aromatic carbocycles. The molecule has 2 N–H and O–H groups in total. The van der Waals surface area contributed by atoms with Crippen LogP contribution in [0.2, 0.25) is 0 Å². The minimum absolute atomic E-state index is 0.245. The Balaban J connectivity index is 2.88. The van der Waals surface area contributed by atoms with Gasteiger partial charge in [0.2, 0.25) is 0 Å². The third-order valence-corrected chi connectivity index (χ3v) is 2.42. The van der Waals surface area contributed by atoms with Crippen LogP contribution in [-0.2, 0) is 0 Å². The predicted octanol–water partition coefficient (Wildman–Crippen LogP) is 0.789. The summed E-state index contributed by atoms with van der Waals surface area (Å²) < 4.78 is 1.42. The van der Waals surface area contributed by atoms with Gasteiger partial charge in [-0.3, -0.25) is 9.20 Å². The molecule has 84 valence electrons. The molecule has 2 heterocycles. The number of hydrogen-bond acceptors (Lipinski definition) is 4. The van der Waals surface area contributed by atoms with Gasteiger partial charge in [0.1, 0.15) is 11.5 Å². The molecule has 1 unspecified atom stereocenters. The van der Waals surface area contributed by atoms with Gasteiger partial charge in [0, 0.05) is 13.2 Å². The van der Waals surface area contributed by atoms with E-state index < -0.39 is 6.10 Å². The molecule has 0 radical (unpaired) electrons. The van der Waals surface area contributed by atoms with Gasteiger partial charge >= 0.3 is 0 Å². The Morgan fingerprint density at radius 3 is 2.88 bits per heavy atom. The van der Waals surface area contributed by atoms with Crippen molar-refractivity contribution in [1.29, 1.82) is 0 Å². The maximum Gasteiger partial charge on any atom is 0.265 e. The highest BCUT2D eigenvalue weighted by molar-refractivity contribution is 5.52. The molecule has 1 atom stereocenters. The van der Waals surface area contributed by atoms with E-state index in [1.165, 1.54) is 4.40 Å². The fourth-order valence-corrected chi connectivity index (χ4v) is 1.67. The fraction of sp³-hybridized carbons (Fsp3) is 0.273. The van der Waals surface area contributed by atoms with Gasteiger partial charge in [0.05, 0.1) is 11.7 Å². The Bertz CT molecular complexity index is 575. The van der Waals surface area contributed by atoms with Crippen LogP contribution in [0.15, 0.2) is 29.2 Å². The first-order valence-electron chi connectivity index (χ1n) is 5.02. The lowest BCUT2D eigenvalue weighted by molar-refractivity contribution is 0.198. The number of rotatable bonds is 2. The number of nitrogens with one attached hydrogen (secondary N) is 1. The van der Waals surface area contributed by atoms with Crippen LogP contribution < -0.4 is 10.9 Å². The molecule has 0 bridgehead atoms. The van der Waals surface area contributed by atoms with E-state index in [1.807, 2.05) is 6.07 Å². The molecule has 0 aliphatic carbocycles. The first kappa shape index (κ1) is 10.6. The molecule has 5 nitrogen and oxygen atoms in total. The van der Waals surface area contributed by atoms with Crippen molar-refractivity contribution in [3.63, 3.8) is 0 Å². The van der Waals surface area contributed by atoms with Crippen molar-refractivity contribution in [2.75, 3.05) is 12.4 Å². The largest absolute Gasteiger partial charge is 0.388 e. The van der Waals surface area contributed by atoms with Crippen molar-refractivity contribution in [2.24, 2.45) is 0 Å². The Morgan fingerprint density at radius 2 is 2.25 bits per heavy atom. The molecule has 0 saturated carbocycles. The summed E-state index contributed by atoms with van der Waals surface area (Å²) in [7, 11) is 1.67. The Hall–Kier alpha value is -1.88. The number of aliphatic hydroxyl groups excluding tert-OH is 1. The number of nitrogens with zero attached hydrogens (tertiary/aromatic N) is 2.